The van der Waals surface area contributed by atoms with Crippen molar-refractivity contribution in [1.29, 1.82) is 5.26 Å². The average Bonchev–Trinajstić information content (AvgIpc) is 3.78. The summed E-state index contributed by atoms with van der Waals surface area (Å²) in [6.07, 6.45) is 2.09. The number of amides is 1. The summed E-state index contributed by atoms with van der Waals surface area (Å²) in [5.74, 6) is -0.318. The smallest absolute Gasteiger partial charge is 0.271 e. The van der Waals surface area contributed by atoms with Gasteiger partial charge in [0, 0.05) is 35.8 Å². The van der Waals surface area contributed by atoms with E-state index in [1.165, 1.54) is 56.0 Å². The van der Waals surface area contributed by atoms with Gasteiger partial charge < -0.3 is 24.7 Å². The molecule has 14 heteroatoms. The minimum absolute atomic E-state index is 0.0432. The van der Waals surface area contributed by atoms with Crippen molar-refractivity contribution in [3.8, 4) is 11.8 Å². The van der Waals surface area contributed by atoms with Crippen LogP contribution in [0.4, 0.5) is 5.69 Å². The second-order valence-corrected chi connectivity index (χ2v) is 13.2. The SMILES string of the molecule is COc1cc(CNCCO)ccc1C1(N2C[C@H](O)C[C@H]2c2ncco2)C(=O)N(S(=O)(=O)c2ccc(C#N)cc2)c2ccc(Cl)cc21. The molecule has 3 N–H and O–H groups in total. The summed E-state index contributed by atoms with van der Waals surface area (Å²) in [7, 11) is -3.10. The van der Waals surface area contributed by atoms with Gasteiger partial charge in [-0.2, -0.15) is 5.26 Å². The predicted octanol–water partition coefficient (Wildman–Crippen LogP) is 3.08. The fraction of sp³-hybridized carbons (Fsp3) is 0.281. The molecule has 6 rings (SSSR count). The number of nitrogens with one attached hydrogen (secondary N) is 1. The van der Waals surface area contributed by atoms with Crippen LogP contribution in [-0.2, 0) is 26.9 Å². The number of nitrogens with zero attached hydrogens (tertiary/aromatic N) is 4. The van der Waals surface area contributed by atoms with Crippen molar-refractivity contribution >= 4 is 33.2 Å². The second-order valence-electron chi connectivity index (χ2n) is 10.9. The predicted molar refractivity (Wildman–Crippen MR) is 166 cm³/mol. The Morgan fingerprint density at radius 2 is 1.96 bits per heavy atom. The Morgan fingerprint density at radius 3 is 2.63 bits per heavy atom. The van der Waals surface area contributed by atoms with Crippen LogP contribution in [0.3, 0.4) is 0 Å². The molecular formula is C32H30ClN5O7S. The van der Waals surface area contributed by atoms with Gasteiger partial charge in [0.05, 0.1) is 54.3 Å². The van der Waals surface area contributed by atoms with Gasteiger partial charge in [-0.15, -0.1) is 0 Å². The lowest BCUT2D eigenvalue weighted by molar-refractivity contribution is -0.127. The molecule has 1 fully saturated rings. The molecule has 2 aliphatic heterocycles. The van der Waals surface area contributed by atoms with E-state index in [9.17, 15) is 23.9 Å². The van der Waals surface area contributed by atoms with Crippen molar-refractivity contribution in [1.82, 2.24) is 15.2 Å². The Morgan fingerprint density at radius 1 is 1.17 bits per heavy atom. The molecule has 3 heterocycles. The molecule has 3 atom stereocenters. The number of hydrogen-bond donors (Lipinski definition) is 3. The molecule has 1 saturated heterocycles. The molecule has 1 amide bonds. The summed E-state index contributed by atoms with van der Waals surface area (Å²) in [4.78, 5) is 21.1. The number of aromatic nitrogens is 1. The summed E-state index contributed by atoms with van der Waals surface area (Å²) in [5.41, 5.74) is -0.198. The molecule has 1 aromatic heterocycles. The van der Waals surface area contributed by atoms with E-state index in [-0.39, 0.29) is 57.9 Å². The molecule has 0 radical (unpaired) electrons. The van der Waals surface area contributed by atoms with Crippen LogP contribution < -0.4 is 14.4 Å². The number of β-amino-alcohol motifs (C(OH)–C–C–N with tert-alkyl or cyclic N) is 1. The minimum Gasteiger partial charge on any atom is -0.496 e. The van der Waals surface area contributed by atoms with E-state index in [4.69, 9.17) is 20.8 Å². The topological polar surface area (TPSA) is 169 Å². The Labute approximate surface area is 270 Å². The first-order valence-electron chi connectivity index (χ1n) is 14.4. The zero-order chi connectivity index (χ0) is 32.6. The number of benzene rings is 3. The molecule has 0 bridgehead atoms. The number of anilines is 1. The molecule has 46 heavy (non-hydrogen) atoms. The third-order valence-electron chi connectivity index (χ3n) is 8.30. The standard InChI is InChI=1S/C32H30ClN5O7S/c1-44-29-14-21(18-35-10-12-39)4-8-25(29)32(37-19-23(40)16-28(37)30-36-11-13-45-30)26-15-22(33)5-9-27(26)38(31(32)41)46(42,43)24-6-2-20(17-34)3-7-24/h2-9,11,13-15,23,28,35,39-40H,10,12,16,18-19H2,1H3/t23-,28+,32?/m1/s1. The van der Waals surface area contributed by atoms with E-state index in [2.05, 4.69) is 10.3 Å². The van der Waals surface area contributed by atoms with Crippen LogP contribution in [0.2, 0.25) is 5.02 Å². The maximum absolute atomic E-state index is 15.3. The van der Waals surface area contributed by atoms with Gasteiger partial charge in [-0.1, -0.05) is 23.7 Å². The highest BCUT2D eigenvalue weighted by Gasteiger charge is 2.63. The van der Waals surface area contributed by atoms with E-state index < -0.39 is 33.6 Å². The first-order valence-corrected chi connectivity index (χ1v) is 16.2. The molecule has 2 aliphatic rings. The fourth-order valence-corrected chi connectivity index (χ4v) is 7.99. The van der Waals surface area contributed by atoms with Crippen LogP contribution >= 0.6 is 11.6 Å². The van der Waals surface area contributed by atoms with E-state index >= 15 is 4.79 Å². The number of carbonyl (C=O) groups is 1. The number of aliphatic hydroxyl groups excluding tert-OH is 2. The number of nitriles is 1. The molecule has 0 saturated carbocycles. The molecule has 238 valence electrons. The fourth-order valence-electron chi connectivity index (χ4n) is 6.36. The molecule has 0 aliphatic carbocycles. The Balaban J connectivity index is 1.63. The van der Waals surface area contributed by atoms with Gasteiger partial charge in [0.15, 0.2) is 5.54 Å². The van der Waals surface area contributed by atoms with Crippen molar-refractivity contribution in [2.75, 3.05) is 31.1 Å². The van der Waals surface area contributed by atoms with E-state index in [0.717, 1.165) is 9.87 Å². The summed E-state index contributed by atoms with van der Waals surface area (Å²) < 4.78 is 41.1. The summed E-state index contributed by atoms with van der Waals surface area (Å²) in [6.45, 7) is 0.664. The molecule has 1 unspecified atom stereocenters. The number of methoxy groups -OCH3 is 1. The average molecular weight is 664 g/mol. The zero-order valence-corrected chi connectivity index (χ0v) is 26.2. The van der Waals surface area contributed by atoms with Crippen LogP contribution in [0.1, 0.15) is 40.6 Å². The first kappa shape index (κ1) is 31.7. The lowest BCUT2D eigenvalue weighted by Gasteiger charge is -2.41. The van der Waals surface area contributed by atoms with Crippen molar-refractivity contribution < 1.29 is 32.6 Å². The van der Waals surface area contributed by atoms with Crippen molar-refractivity contribution in [2.24, 2.45) is 0 Å². The lowest BCUT2D eigenvalue weighted by Crippen LogP contribution is -2.55. The molecule has 12 nitrogen and oxygen atoms in total. The molecular weight excluding hydrogens is 634 g/mol. The second kappa shape index (κ2) is 12.5. The van der Waals surface area contributed by atoms with Gasteiger partial charge in [-0.25, -0.2) is 17.7 Å². The Bertz CT molecular complexity index is 1910. The van der Waals surface area contributed by atoms with Crippen LogP contribution in [0.5, 0.6) is 5.75 Å². The van der Waals surface area contributed by atoms with Gasteiger partial charge >= 0.3 is 0 Å². The van der Waals surface area contributed by atoms with Crippen LogP contribution in [0.15, 0.2) is 82.4 Å². The number of oxazole rings is 1. The van der Waals surface area contributed by atoms with Gasteiger partial charge in [0.1, 0.15) is 12.0 Å². The normalized spacial score (nSPS) is 21.4. The number of halogens is 1. The number of rotatable bonds is 10. The van der Waals surface area contributed by atoms with E-state index in [1.807, 2.05) is 6.07 Å². The quantitative estimate of drug-likeness (QED) is 0.213. The summed E-state index contributed by atoms with van der Waals surface area (Å²) >= 11 is 6.57. The van der Waals surface area contributed by atoms with Gasteiger partial charge in [0.25, 0.3) is 15.9 Å². The highest BCUT2D eigenvalue weighted by atomic mass is 35.5. The van der Waals surface area contributed by atoms with Gasteiger partial charge in [0.2, 0.25) is 5.89 Å². The number of hydrogen-bond acceptors (Lipinski definition) is 11. The summed E-state index contributed by atoms with van der Waals surface area (Å²) in [5, 5.41) is 32.9. The van der Waals surface area contributed by atoms with Crippen LogP contribution in [-0.4, -0.2) is 67.3 Å². The lowest BCUT2D eigenvalue weighted by atomic mass is 9.80. The maximum atomic E-state index is 15.3. The minimum atomic E-state index is -4.55. The monoisotopic (exact) mass is 663 g/mol. The van der Waals surface area contributed by atoms with Gasteiger partial charge in [-0.3, -0.25) is 9.69 Å². The largest absolute Gasteiger partial charge is 0.496 e. The van der Waals surface area contributed by atoms with Crippen LogP contribution in [0, 0.1) is 11.3 Å². The van der Waals surface area contributed by atoms with Gasteiger partial charge in [-0.05, 0) is 60.5 Å². The number of carbonyl (C=O) groups excluding carboxylic acids is 1. The third kappa shape index (κ3) is 5.13. The van der Waals surface area contributed by atoms with Crippen LogP contribution in [0.25, 0.3) is 0 Å². The number of sulfonamides is 1. The van der Waals surface area contributed by atoms with Crippen molar-refractivity contribution in [3.05, 3.63) is 106 Å². The van der Waals surface area contributed by atoms with Crippen molar-refractivity contribution in [2.45, 2.75) is 35.5 Å². The first-order chi connectivity index (χ1) is 22.2. The van der Waals surface area contributed by atoms with Crippen molar-refractivity contribution in [3.63, 3.8) is 0 Å². The number of ether oxygens (including phenoxy) is 1. The van der Waals surface area contributed by atoms with E-state index in [0.29, 0.717) is 18.7 Å². The number of aliphatic hydroxyl groups is 2. The van der Waals surface area contributed by atoms with E-state index in [1.54, 1.807) is 29.2 Å². The zero-order valence-electron chi connectivity index (χ0n) is 24.6. The third-order valence-corrected chi connectivity index (χ3v) is 10.2. The summed E-state index contributed by atoms with van der Waals surface area (Å²) in [6, 6.07) is 16.3. The highest BCUT2D eigenvalue weighted by Crippen LogP contribution is 2.56. The number of fused-ring (bicyclic) bond motifs is 1. The molecule has 3 aromatic carbocycles. The number of likely N-dealkylation sites (tertiary alicyclic amines) is 1. The molecule has 0 spiro atoms. The molecule has 4 aromatic rings. The Kier molecular flexibility index (Phi) is 8.60. The Hall–Kier alpha value is -4.29. The maximum Gasteiger partial charge on any atom is 0.271 e. The highest BCUT2D eigenvalue weighted by molar-refractivity contribution is 7.93.